The first kappa shape index (κ1) is 21.6. The van der Waals surface area contributed by atoms with Gasteiger partial charge >= 0.3 is 6.18 Å². The predicted molar refractivity (Wildman–Crippen MR) is 98.3 cm³/mol. The van der Waals surface area contributed by atoms with Gasteiger partial charge in [0.05, 0.1) is 38.0 Å². The van der Waals surface area contributed by atoms with E-state index in [-0.39, 0.29) is 35.4 Å². The van der Waals surface area contributed by atoms with E-state index in [0.29, 0.717) is 12.1 Å². The minimum absolute atomic E-state index is 0.101. The van der Waals surface area contributed by atoms with Crippen LogP contribution in [0.3, 0.4) is 0 Å². The zero-order valence-electron chi connectivity index (χ0n) is 15.6. The number of nitrogens with one attached hydrogen (secondary N) is 2. The van der Waals surface area contributed by atoms with E-state index in [4.69, 9.17) is 0 Å². The van der Waals surface area contributed by atoms with E-state index in [1.165, 1.54) is 28.8 Å². The molecule has 1 aliphatic rings. The van der Waals surface area contributed by atoms with Crippen molar-refractivity contribution in [1.29, 1.82) is 0 Å². The van der Waals surface area contributed by atoms with Gasteiger partial charge in [0, 0.05) is 13.0 Å². The van der Waals surface area contributed by atoms with Gasteiger partial charge in [-0.05, 0) is 24.6 Å². The maximum atomic E-state index is 12.7. The van der Waals surface area contributed by atoms with Gasteiger partial charge in [0.1, 0.15) is 5.37 Å². The molecule has 2 atom stereocenters. The van der Waals surface area contributed by atoms with Gasteiger partial charge in [-0.1, -0.05) is 12.1 Å². The summed E-state index contributed by atoms with van der Waals surface area (Å²) in [5.74, 6) is -0.241. The molecule has 2 N–H and O–H groups in total. The smallest absolute Gasteiger partial charge is 0.350 e. The van der Waals surface area contributed by atoms with Gasteiger partial charge in [0.15, 0.2) is 0 Å². The van der Waals surface area contributed by atoms with Crippen LogP contribution < -0.4 is 10.2 Å². The molecule has 0 unspecified atom stereocenters. The van der Waals surface area contributed by atoms with E-state index < -0.39 is 11.7 Å². The highest BCUT2D eigenvalue weighted by Gasteiger charge is 2.39. The average molecular weight is 404 g/mol. The zero-order valence-corrected chi connectivity index (χ0v) is 16.4. The van der Waals surface area contributed by atoms with Gasteiger partial charge in [-0.2, -0.15) is 13.2 Å². The molecule has 5 nitrogen and oxygen atoms in total. The standard InChI is InChI=1S/C18H24F3N3O2S/c1-12-16(26)24(10-8-15(25)22-9-11-23(2)3)17(27-12)13-4-6-14(7-5-13)18(19,20)21/h4-7,12,17H,8-11H2,1-3H3,(H,22,25)/p+1/t12-,17-/m0/s1. The number of alkyl halides is 3. The van der Waals surface area contributed by atoms with Gasteiger partial charge < -0.3 is 15.1 Å². The Kier molecular flexibility index (Phi) is 7.16. The Morgan fingerprint density at radius 1 is 1.26 bits per heavy atom. The van der Waals surface area contributed by atoms with E-state index in [9.17, 15) is 22.8 Å². The third kappa shape index (κ3) is 5.87. The van der Waals surface area contributed by atoms with Crippen molar-refractivity contribution in [1.82, 2.24) is 10.2 Å². The van der Waals surface area contributed by atoms with Crippen LogP contribution in [0.5, 0.6) is 0 Å². The molecule has 0 radical (unpaired) electrons. The van der Waals surface area contributed by atoms with Gasteiger partial charge in [-0.3, -0.25) is 9.59 Å². The lowest BCUT2D eigenvalue weighted by atomic mass is 10.1. The number of carbonyl (C=O) groups excluding carboxylic acids is 2. The van der Waals surface area contributed by atoms with Gasteiger partial charge in [-0.25, -0.2) is 0 Å². The quantitative estimate of drug-likeness (QED) is 0.721. The molecule has 0 spiro atoms. The number of amides is 2. The SMILES string of the molecule is C[C@@H]1S[C@@H](c2ccc(C(F)(F)F)cc2)N(CCC(=O)NCC[NH+](C)C)C1=O. The Morgan fingerprint density at radius 3 is 2.44 bits per heavy atom. The summed E-state index contributed by atoms with van der Waals surface area (Å²) in [7, 11) is 3.98. The molecule has 1 heterocycles. The molecule has 9 heteroatoms. The summed E-state index contributed by atoms with van der Waals surface area (Å²) in [5.41, 5.74) is -0.0927. The minimum Gasteiger partial charge on any atom is -0.350 e. The van der Waals surface area contributed by atoms with Crippen molar-refractivity contribution in [3.05, 3.63) is 35.4 Å². The van der Waals surface area contributed by atoms with E-state index >= 15 is 0 Å². The number of likely N-dealkylation sites (N-methyl/N-ethyl adjacent to an activating group) is 1. The molecule has 0 aliphatic carbocycles. The summed E-state index contributed by atoms with van der Waals surface area (Å²) in [6.07, 6.45) is -4.23. The Morgan fingerprint density at radius 2 is 1.89 bits per heavy atom. The van der Waals surface area contributed by atoms with Crippen molar-refractivity contribution in [2.45, 2.75) is 30.1 Å². The molecule has 2 amide bonds. The summed E-state index contributed by atoms with van der Waals surface area (Å²) in [6.45, 7) is 3.37. The van der Waals surface area contributed by atoms with Crippen LogP contribution in [0, 0.1) is 0 Å². The maximum Gasteiger partial charge on any atom is 0.416 e. The van der Waals surface area contributed by atoms with E-state index in [1.54, 1.807) is 11.8 Å². The molecule has 150 valence electrons. The second kappa shape index (κ2) is 8.97. The highest BCUT2D eigenvalue weighted by Crippen LogP contribution is 2.43. The number of rotatable bonds is 7. The molecule has 1 saturated heterocycles. The molecule has 27 heavy (non-hydrogen) atoms. The normalized spacial score (nSPS) is 20.4. The molecule has 0 bridgehead atoms. The van der Waals surface area contributed by atoms with Crippen LogP contribution >= 0.6 is 11.8 Å². The summed E-state index contributed by atoms with van der Waals surface area (Å²) in [6, 6.07) is 4.85. The fraction of sp³-hybridized carbons (Fsp3) is 0.556. The number of hydrogen-bond acceptors (Lipinski definition) is 3. The Bertz CT molecular complexity index is 665. The summed E-state index contributed by atoms with van der Waals surface area (Å²) in [5, 5.41) is 2.14. The number of nitrogens with zero attached hydrogens (tertiary/aromatic N) is 1. The van der Waals surface area contributed by atoms with Crippen LogP contribution in [0.25, 0.3) is 0 Å². The summed E-state index contributed by atoms with van der Waals surface area (Å²) < 4.78 is 38.2. The summed E-state index contributed by atoms with van der Waals surface area (Å²) >= 11 is 1.38. The molecule has 1 fully saturated rings. The monoisotopic (exact) mass is 404 g/mol. The van der Waals surface area contributed by atoms with Crippen LogP contribution in [-0.4, -0.2) is 55.7 Å². The first-order valence-corrected chi connectivity index (χ1v) is 9.72. The third-order valence-corrected chi connectivity index (χ3v) is 5.69. The highest BCUT2D eigenvalue weighted by molar-refractivity contribution is 8.01. The second-order valence-corrected chi connectivity index (χ2v) is 8.26. The minimum atomic E-state index is -4.39. The first-order valence-electron chi connectivity index (χ1n) is 8.78. The topological polar surface area (TPSA) is 53.9 Å². The Labute approximate surface area is 161 Å². The largest absolute Gasteiger partial charge is 0.416 e. The van der Waals surface area contributed by atoms with Crippen LogP contribution in [0.4, 0.5) is 13.2 Å². The number of carbonyl (C=O) groups is 2. The Balaban J connectivity index is 2.01. The van der Waals surface area contributed by atoms with Crippen molar-refractivity contribution >= 4 is 23.6 Å². The molecule has 1 aromatic carbocycles. The van der Waals surface area contributed by atoms with Crippen molar-refractivity contribution in [3.8, 4) is 0 Å². The van der Waals surface area contributed by atoms with Crippen LogP contribution in [-0.2, 0) is 15.8 Å². The van der Waals surface area contributed by atoms with Crippen molar-refractivity contribution in [3.63, 3.8) is 0 Å². The van der Waals surface area contributed by atoms with Crippen molar-refractivity contribution in [2.75, 3.05) is 33.7 Å². The van der Waals surface area contributed by atoms with Crippen LogP contribution in [0.1, 0.15) is 29.8 Å². The van der Waals surface area contributed by atoms with E-state index in [2.05, 4.69) is 5.32 Å². The lowest BCUT2D eigenvalue weighted by Gasteiger charge is -2.24. The Hall–Kier alpha value is -1.74. The molecule has 2 rings (SSSR count). The number of benzene rings is 1. The van der Waals surface area contributed by atoms with Gasteiger partial charge in [-0.15, -0.1) is 11.8 Å². The number of halogens is 3. The number of quaternary nitrogens is 1. The zero-order chi connectivity index (χ0) is 20.2. The van der Waals surface area contributed by atoms with E-state index in [0.717, 1.165) is 18.7 Å². The van der Waals surface area contributed by atoms with Gasteiger partial charge in [0.2, 0.25) is 11.8 Å². The predicted octanol–water partition coefficient (Wildman–Crippen LogP) is 1.32. The van der Waals surface area contributed by atoms with Crippen LogP contribution in [0.2, 0.25) is 0 Å². The lowest BCUT2D eigenvalue weighted by molar-refractivity contribution is -0.856. The molecular weight excluding hydrogens is 379 g/mol. The average Bonchev–Trinajstić information content (AvgIpc) is 2.87. The van der Waals surface area contributed by atoms with Gasteiger partial charge in [0.25, 0.3) is 0 Å². The molecule has 1 aliphatic heterocycles. The molecule has 0 aromatic heterocycles. The fourth-order valence-electron chi connectivity index (χ4n) is 2.76. The maximum absolute atomic E-state index is 12.7. The van der Waals surface area contributed by atoms with Crippen molar-refractivity contribution in [2.24, 2.45) is 0 Å². The first-order chi connectivity index (χ1) is 12.6. The molecular formula is C18H25F3N3O2S+. The van der Waals surface area contributed by atoms with E-state index in [1.807, 2.05) is 14.1 Å². The second-order valence-electron chi connectivity index (χ2n) is 6.84. The molecule has 0 saturated carbocycles. The van der Waals surface area contributed by atoms with Crippen LogP contribution in [0.15, 0.2) is 24.3 Å². The fourth-order valence-corrected chi connectivity index (χ4v) is 4.07. The van der Waals surface area contributed by atoms with Crippen molar-refractivity contribution < 1.29 is 27.7 Å². The number of thioether (sulfide) groups is 1. The molecule has 1 aromatic rings. The lowest BCUT2D eigenvalue weighted by Crippen LogP contribution is -3.06. The number of hydrogen-bond donors (Lipinski definition) is 2. The summed E-state index contributed by atoms with van der Waals surface area (Å²) in [4.78, 5) is 27.2. The highest BCUT2D eigenvalue weighted by atomic mass is 32.2. The third-order valence-electron chi connectivity index (χ3n) is 4.30.